The average Bonchev–Trinajstić information content (AvgIpc) is 2.48. The van der Waals surface area contributed by atoms with Crippen LogP contribution in [0.5, 0.6) is 0 Å². The molecule has 2 rings (SSSR count). The number of para-hydroxylation sites is 1. The maximum absolute atomic E-state index is 12.7. The van der Waals surface area contributed by atoms with Gasteiger partial charge in [-0.3, -0.25) is 10.0 Å². The Morgan fingerprint density at radius 1 is 1.17 bits per heavy atom. The van der Waals surface area contributed by atoms with E-state index in [1.165, 1.54) is 19.1 Å². The van der Waals surface area contributed by atoms with Gasteiger partial charge in [-0.15, -0.1) is 0 Å². The van der Waals surface area contributed by atoms with Gasteiger partial charge >= 0.3 is 6.18 Å². The molecule has 0 unspecified atom stereocenters. The SMILES string of the molecule is CC(=O)N(O)Cc1ccccc1Nc1cccc(C(F)(F)F)c1. The molecule has 0 bridgehead atoms. The summed E-state index contributed by atoms with van der Waals surface area (Å²) in [6.07, 6.45) is -4.42. The fraction of sp³-hybridized carbons (Fsp3) is 0.188. The number of amides is 1. The average molecular weight is 324 g/mol. The highest BCUT2D eigenvalue weighted by atomic mass is 19.4. The van der Waals surface area contributed by atoms with E-state index < -0.39 is 17.6 Å². The predicted octanol–water partition coefficient (Wildman–Crippen LogP) is 4.19. The molecule has 1 amide bonds. The molecule has 0 atom stereocenters. The van der Waals surface area contributed by atoms with Crippen molar-refractivity contribution < 1.29 is 23.2 Å². The minimum Gasteiger partial charge on any atom is -0.355 e. The summed E-state index contributed by atoms with van der Waals surface area (Å²) in [6, 6.07) is 11.5. The van der Waals surface area contributed by atoms with Gasteiger partial charge < -0.3 is 5.32 Å². The topological polar surface area (TPSA) is 52.6 Å². The van der Waals surface area contributed by atoms with Crippen LogP contribution in [0.25, 0.3) is 0 Å². The summed E-state index contributed by atoms with van der Waals surface area (Å²) in [6.45, 7) is 1.14. The van der Waals surface area contributed by atoms with Crippen LogP contribution in [-0.2, 0) is 17.5 Å². The number of anilines is 2. The lowest BCUT2D eigenvalue weighted by Crippen LogP contribution is -2.24. The van der Waals surface area contributed by atoms with Crippen LogP contribution >= 0.6 is 0 Å². The number of benzene rings is 2. The zero-order valence-electron chi connectivity index (χ0n) is 12.3. The second kappa shape index (κ2) is 6.70. The summed E-state index contributed by atoms with van der Waals surface area (Å²) in [5.74, 6) is -0.529. The smallest absolute Gasteiger partial charge is 0.355 e. The summed E-state index contributed by atoms with van der Waals surface area (Å²) in [5, 5.41) is 12.9. The lowest BCUT2D eigenvalue weighted by atomic mass is 10.1. The monoisotopic (exact) mass is 324 g/mol. The molecule has 23 heavy (non-hydrogen) atoms. The number of hydrogen-bond acceptors (Lipinski definition) is 3. The summed E-state index contributed by atoms with van der Waals surface area (Å²) in [4.78, 5) is 11.1. The van der Waals surface area contributed by atoms with Crippen molar-refractivity contribution in [3.63, 3.8) is 0 Å². The molecule has 0 radical (unpaired) electrons. The molecule has 0 aliphatic heterocycles. The second-order valence-electron chi connectivity index (χ2n) is 4.94. The number of carbonyl (C=O) groups is 1. The Hall–Kier alpha value is -2.54. The highest BCUT2D eigenvalue weighted by Crippen LogP contribution is 2.32. The van der Waals surface area contributed by atoms with Crippen molar-refractivity contribution in [3.8, 4) is 0 Å². The van der Waals surface area contributed by atoms with E-state index >= 15 is 0 Å². The third-order valence-corrected chi connectivity index (χ3v) is 3.17. The number of nitrogens with one attached hydrogen (secondary N) is 1. The molecule has 2 aromatic carbocycles. The maximum atomic E-state index is 12.7. The molecule has 4 nitrogen and oxygen atoms in total. The first-order valence-electron chi connectivity index (χ1n) is 6.76. The molecule has 2 aromatic rings. The number of hydrogen-bond donors (Lipinski definition) is 2. The van der Waals surface area contributed by atoms with Crippen LogP contribution in [0.4, 0.5) is 24.5 Å². The van der Waals surface area contributed by atoms with E-state index in [0.29, 0.717) is 16.3 Å². The Balaban J connectivity index is 2.25. The number of hydroxylamine groups is 2. The Morgan fingerprint density at radius 3 is 2.52 bits per heavy atom. The molecular formula is C16H15F3N2O2. The number of halogens is 3. The number of carbonyl (C=O) groups excluding carboxylic acids is 1. The fourth-order valence-electron chi connectivity index (χ4n) is 1.98. The van der Waals surface area contributed by atoms with E-state index in [4.69, 9.17) is 0 Å². The number of alkyl halides is 3. The molecule has 0 saturated carbocycles. The standard InChI is InChI=1S/C16H15F3N2O2/c1-11(22)21(23)10-12-5-2-3-8-15(12)20-14-7-4-6-13(9-14)16(17,18)19/h2-9,20,23H,10H2,1H3. The van der Waals surface area contributed by atoms with Gasteiger partial charge in [0.2, 0.25) is 5.91 Å². The number of nitrogens with zero attached hydrogens (tertiary/aromatic N) is 1. The van der Waals surface area contributed by atoms with E-state index in [9.17, 15) is 23.2 Å². The molecule has 0 saturated heterocycles. The van der Waals surface area contributed by atoms with Gasteiger partial charge in [0.1, 0.15) is 0 Å². The first-order chi connectivity index (χ1) is 10.8. The zero-order chi connectivity index (χ0) is 17.0. The maximum Gasteiger partial charge on any atom is 0.416 e. The van der Waals surface area contributed by atoms with E-state index in [1.807, 2.05) is 0 Å². The first-order valence-corrected chi connectivity index (χ1v) is 6.76. The largest absolute Gasteiger partial charge is 0.416 e. The summed E-state index contributed by atoms with van der Waals surface area (Å²) < 4.78 is 38.2. The van der Waals surface area contributed by atoms with E-state index in [0.717, 1.165) is 12.1 Å². The highest BCUT2D eigenvalue weighted by Gasteiger charge is 2.30. The Bertz CT molecular complexity index is 702. The Morgan fingerprint density at radius 2 is 1.87 bits per heavy atom. The van der Waals surface area contributed by atoms with E-state index in [1.54, 1.807) is 24.3 Å². The minimum atomic E-state index is -4.42. The first kappa shape index (κ1) is 16.8. The molecule has 0 aromatic heterocycles. The van der Waals surface area contributed by atoms with Gasteiger partial charge in [0.15, 0.2) is 0 Å². The van der Waals surface area contributed by atoms with Crippen LogP contribution in [-0.4, -0.2) is 16.2 Å². The molecule has 0 fully saturated rings. The van der Waals surface area contributed by atoms with Gasteiger partial charge in [-0.05, 0) is 29.8 Å². The van der Waals surface area contributed by atoms with Crippen LogP contribution in [0.15, 0.2) is 48.5 Å². The van der Waals surface area contributed by atoms with Crippen molar-refractivity contribution in [2.75, 3.05) is 5.32 Å². The van der Waals surface area contributed by atoms with Gasteiger partial charge in [0.25, 0.3) is 0 Å². The van der Waals surface area contributed by atoms with Gasteiger partial charge in [-0.2, -0.15) is 13.2 Å². The molecule has 0 spiro atoms. The summed E-state index contributed by atoms with van der Waals surface area (Å²) in [7, 11) is 0. The summed E-state index contributed by atoms with van der Waals surface area (Å²) >= 11 is 0. The van der Waals surface area contributed by atoms with E-state index in [2.05, 4.69) is 5.32 Å². The van der Waals surface area contributed by atoms with Crippen molar-refractivity contribution >= 4 is 17.3 Å². The van der Waals surface area contributed by atoms with Crippen LogP contribution in [0.3, 0.4) is 0 Å². The molecule has 7 heteroatoms. The van der Waals surface area contributed by atoms with Crippen molar-refractivity contribution in [2.45, 2.75) is 19.6 Å². The van der Waals surface area contributed by atoms with Crippen molar-refractivity contribution in [1.29, 1.82) is 0 Å². The third-order valence-electron chi connectivity index (χ3n) is 3.17. The Labute approximate surface area is 131 Å². The van der Waals surface area contributed by atoms with Gasteiger partial charge in [0.05, 0.1) is 12.1 Å². The van der Waals surface area contributed by atoms with Gasteiger partial charge in [0, 0.05) is 18.3 Å². The van der Waals surface area contributed by atoms with Crippen molar-refractivity contribution in [1.82, 2.24) is 5.06 Å². The zero-order valence-corrected chi connectivity index (χ0v) is 12.3. The number of rotatable bonds is 4. The van der Waals surface area contributed by atoms with Gasteiger partial charge in [-0.1, -0.05) is 24.3 Å². The minimum absolute atomic E-state index is 0.0720. The third kappa shape index (κ3) is 4.46. The normalized spacial score (nSPS) is 11.2. The second-order valence-corrected chi connectivity index (χ2v) is 4.94. The molecule has 2 N–H and O–H groups in total. The molecule has 0 heterocycles. The van der Waals surface area contributed by atoms with Gasteiger partial charge in [-0.25, -0.2) is 5.06 Å². The van der Waals surface area contributed by atoms with E-state index in [-0.39, 0.29) is 12.2 Å². The molecule has 122 valence electrons. The van der Waals surface area contributed by atoms with Crippen LogP contribution in [0.2, 0.25) is 0 Å². The lowest BCUT2D eigenvalue weighted by Gasteiger charge is -2.17. The van der Waals surface area contributed by atoms with Crippen LogP contribution < -0.4 is 5.32 Å². The highest BCUT2D eigenvalue weighted by molar-refractivity contribution is 5.72. The molecular weight excluding hydrogens is 309 g/mol. The Kier molecular flexibility index (Phi) is 4.90. The quantitative estimate of drug-likeness (QED) is 0.655. The summed E-state index contributed by atoms with van der Waals surface area (Å²) in [5.41, 5.74) is 0.585. The lowest BCUT2D eigenvalue weighted by molar-refractivity contribution is -0.165. The van der Waals surface area contributed by atoms with Crippen molar-refractivity contribution in [3.05, 3.63) is 59.7 Å². The fourth-order valence-corrected chi connectivity index (χ4v) is 1.98. The van der Waals surface area contributed by atoms with Crippen LogP contribution in [0.1, 0.15) is 18.1 Å². The molecule has 0 aliphatic carbocycles. The predicted molar refractivity (Wildman–Crippen MR) is 79.2 cm³/mol. The molecule has 0 aliphatic rings. The van der Waals surface area contributed by atoms with Crippen LogP contribution in [0, 0.1) is 0 Å². The van der Waals surface area contributed by atoms with Crippen molar-refractivity contribution in [2.24, 2.45) is 0 Å².